The van der Waals surface area contributed by atoms with Gasteiger partial charge in [0.25, 0.3) is 0 Å². The van der Waals surface area contributed by atoms with E-state index in [0.29, 0.717) is 16.8 Å². The van der Waals surface area contributed by atoms with Crippen molar-refractivity contribution in [2.45, 2.75) is 36.0 Å². The zero-order valence-electron chi connectivity index (χ0n) is 9.57. The summed E-state index contributed by atoms with van der Waals surface area (Å²) in [5.74, 6) is 0.0758. The number of rotatable bonds is 4. The Balaban J connectivity index is 1.96. The topological polar surface area (TPSA) is 55.1 Å². The maximum atomic E-state index is 11.8. The number of hydrogen-bond acceptors (Lipinski definition) is 3. The van der Waals surface area contributed by atoms with Crippen molar-refractivity contribution in [2.24, 2.45) is 0 Å². The predicted molar refractivity (Wildman–Crippen MR) is 72.3 cm³/mol. The molecule has 1 saturated carbocycles. The molecule has 2 rings (SSSR count). The highest BCUT2D eigenvalue weighted by Crippen LogP contribution is 2.31. The van der Waals surface area contributed by atoms with E-state index in [-0.39, 0.29) is 11.2 Å². The van der Waals surface area contributed by atoms with Crippen LogP contribution in [-0.4, -0.2) is 17.2 Å². The first-order valence-electron chi connectivity index (χ1n) is 5.58. The molecular formula is C12H15ClN2OS. The number of nitrogens with two attached hydrogens (primary N) is 1. The molecule has 1 aromatic rings. The van der Waals surface area contributed by atoms with Gasteiger partial charge < -0.3 is 11.1 Å². The molecule has 1 fully saturated rings. The van der Waals surface area contributed by atoms with Gasteiger partial charge in [-0.1, -0.05) is 11.6 Å². The number of hydrogen-bond donors (Lipinski definition) is 2. The van der Waals surface area contributed by atoms with Gasteiger partial charge in [-0.15, -0.1) is 11.8 Å². The lowest BCUT2D eigenvalue weighted by atomic mass is 10.3. The average Bonchev–Trinajstić information content (AvgIpc) is 3.06. The minimum Gasteiger partial charge on any atom is -0.398 e. The molecule has 0 spiro atoms. The van der Waals surface area contributed by atoms with Crippen molar-refractivity contribution in [1.29, 1.82) is 0 Å². The molecule has 3 nitrogen and oxygen atoms in total. The molecule has 1 atom stereocenters. The molecule has 1 aliphatic rings. The third-order valence-electron chi connectivity index (χ3n) is 2.57. The second kappa shape index (κ2) is 5.19. The van der Waals surface area contributed by atoms with E-state index in [4.69, 9.17) is 17.3 Å². The number of benzene rings is 1. The van der Waals surface area contributed by atoms with E-state index in [0.717, 1.165) is 17.7 Å². The van der Waals surface area contributed by atoms with Gasteiger partial charge in [-0.25, -0.2) is 0 Å². The lowest BCUT2D eigenvalue weighted by Crippen LogP contribution is -2.32. The monoisotopic (exact) mass is 270 g/mol. The van der Waals surface area contributed by atoms with Crippen LogP contribution >= 0.6 is 23.4 Å². The maximum absolute atomic E-state index is 11.8. The number of carbonyl (C=O) groups excluding carboxylic acids is 1. The summed E-state index contributed by atoms with van der Waals surface area (Å²) in [4.78, 5) is 12.7. The van der Waals surface area contributed by atoms with Crippen LogP contribution in [0.2, 0.25) is 5.02 Å². The normalized spacial score (nSPS) is 16.6. The molecule has 0 aliphatic heterocycles. The molecule has 1 aliphatic carbocycles. The maximum Gasteiger partial charge on any atom is 0.233 e. The highest BCUT2D eigenvalue weighted by Gasteiger charge is 2.26. The van der Waals surface area contributed by atoms with Crippen molar-refractivity contribution in [3.05, 3.63) is 23.2 Å². The molecule has 0 saturated heterocycles. The summed E-state index contributed by atoms with van der Waals surface area (Å²) in [5.41, 5.74) is 6.47. The molecule has 0 heterocycles. The summed E-state index contributed by atoms with van der Waals surface area (Å²) in [7, 11) is 0. The standard InChI is InChI=1S/C12H15ClN2OS/c1-7(12(16)15-9-3-4-9)17-11-5-2-8(13)6-10(11)14/h2,5-7,9H,3-4,14H2,1H3,(H,15,16). The largest absolute Gasteiger partial charge is 0.398 e. The van der Waals surface area contributed by atoms with E-state index in [1.54, 1.807) is 12.1 Å². The van der Waals surface area contributed by atoms with E-state index < -0.39 is 0 Å². The Morgan fingerprint density at radius 3 is 2.88 bits per heavy atom. The van der Waals surface area contributed by atoms with E-state index in [2.05, 4.69) is 5.32 Å². The molecule has 5 heteroatoms. The zero-order chi connectivity index (χ0) is 12.4. The fourth-order valence-electron chi connectivity index (χ4n) is 1.42. The summed E-state index contributed by atoms with van der Waals surface area (Å²) < 4.78 is 0. The van der Waals surface area contributed by atoms with Crippen molar-refractivity contribution in [3.63, 3.8) is 0 Å². The van der Waals surface area contributed by atoms with Gasteiger partial charge in [0, 0.05) is 21.6 Å². The molecule has 1 aromatic carbocycles. The van der Waals surface area contributed by atoms with Crippen LogP contribution in [0, 0.1) is 0 Å². The SMILES string of the molecule is CC(Sc1ccc(Cl)cc1N)C(=O)NC1CC1. The quantitative estimate of drug-likeness (QED) is 0.653. The Morgan fingerprint density at radius 1 is 1.59 bits per heavy atom. The predicted octanol–water partition coefficient (Wildman–Crippen LogP) is 2.68. The number of halogens is 1. The first-order valence-corrected chi connectivity index (χ1v) is 6.84. The summed E-state index contributed by atoms with van der Waals surface area (Å²) in [6, 6.07) is 5.73. The van der Waals surface area contributed by atoms with Crippen LogP contribution in [-0.2, 0) is 4.79 Å². The molecule has 17 heavy (non-hydrogen) atoms. The smallest absolute Gasteiger partial charge is 0.233 e. The van der Waals surface area contributed by atoms with Crippen LogP contribution in [0.1, 0.15) is 19.8 Å². The van der Waals surface area contributed by atoms with E-state index in [1.807, 2.05) is 13.0 Å². The molecule has 1 amide bonds. The molecule has 0 bridgehead atoms. The van der Waals surface area contributed by atoms with Gasteiger partial charge in [0.1, 0.15) is 0 Å². The Kier molecular flexibility index (Phi) is 3.84. The average molecular weight is 271 g/mol. The summed E-state index contributed by atoms with van der Waals surface area (Å²) in [6.07, 6.45) is 2.21. The van der Waals surface area contributed by atoms with Crippen LogP contribution < -0.4 is 11.1 Å². The number of nitrogen functional groups attached to an aromatic ring is 1. The van der Waals surface area contributed by atoms with Gasteiger partial charge in [0.2, 0.25) is 5.91 Å². The summed E-state index contributed by atoms with van der Waals surface area (Å²) in [6.45, 7) is 1.89. The van der Waals surface area contributed by atoms with Gasteiger partial charge in [-0.05, 0) is 38.0 Å². The van der Waals surface area contributed by atoms with Crippen molar-refractivity contribution >= 4 is 35.0 Å². The highest BCUT2D eigenvalue weighted by molar-refractivity contribution is 8.00. The van der Waals surface area contributed by atoms with E-state index in [1.165, 1.54) is 11.8 Å². The van der Waals surface area contributed by atoms with Crippen molar-refractivity contribution in [1.82, 2.24) is 5.32 Å². The Morgan fingerprint density at radius 2 is 2.29 bits per heavy atom. The molecule has 3 N–H and O–H groups in total. The fourth-order valence-corrected chi connectivity index (χ4v) is 2.49. The minimum atomic E-state index is -0.140. The van der Waals surface area contributed by atoms with Crippen molar-refractivity contribution < 1.29 is 4.79 Å². The molecule has 1 unspecified atom stereocenters. The number of carbonyl (C=O) groups is 1. The highest BCUT2D eigenvalue weighted by atomic mass is 35.5. The fraction of sp³-hybridized carbons (Fsp3) is 0.417. The number of thioether (sulfide) groups is 1. The van der Waals surface area contributed by atoms with Crippen LogP contribution in [0.4, 0.5) is 5.69 Å². The molecule has 92 valence electrons. The van der Waals surface area contributed by atoms with Gasteiger partial charge in [0.15, 0.2) is 0 Å². The Hall–Kier alpha value is -0.870. The first-order chi connectivity index (χ1) is 8.06. The first kappa shape index (κ1) is 12.6. The number of amides is 1. The number of nitrogens with one attached hydrogen (secondary N) is 1. The molecular weight excluding hydrogens is 256 g/mol. The van der Waals surface area contributed by atoms with Crippen LogP contribution in [0.5, 0.6) is 0 Å². The van der Waals surface area contributed by atoms with Crippen molar-refractivity contribution in [3.8, 4) is 0 Å². The number of anilines is 1. The third-order valence-corrected chi connectivity index (χ3v) is 4.00. The van der Waals surface area contributed by atoms with Crippen LogP contribution in [0.25, 0.3) is 0 Å². The second-order valence-corrected chi connectivity index (χ2v) is 6.04. The molecule has 0 radical (unpaired) electrons. The van der Waals surface area contributed by atoms with E-state index in [9.17, 15) is 4.79 Å². The van der Waals surface area contributed by atoms with Gasteiger partial charge in [-0.3, -0.25) is 4.79 Å². The van der Waals surface area contributed by atoms with Gasteiger partial charge in [-0.2, -0.15) is 0 Å². The zero-order valence-corrected chi connectivity index (χ0v) is 11.1. The van der Waals surface area contributed by atoms with E-state index >= 15 is 0 Å². The Bertz CT molecular complexity index is 435. The van der Waals surface area contributed by atoms with Crippen LogP contribution in [0.3, 0.4) is 0 Å². The lowest BCUT2D eigenvalue weighted by molar-refractivity contribution is -0.120. The van der Waals surface area contributed by atoms with Gasteiger partial charge in [0.05, 0.1) is 5.25 Å². The second-order valence-electron chi connectivity index (χ2n) is 4.23. The van der Waals surface area contributed by atoms with Crippen LogP contribution in [0.15, 0.2) is 23.1 Å². The lowest BCUT2D eigenvalue weighted by Gasteiger charge is -2.12. The summed E-state index contributed by atoms with van der Waals surface area (Å²) in [5, 5.41) is 3.45. The third kappa shape index (κ3) is 3.54. The summed E-state index contributed by atoms with van der Waals surface area (Å²) >= 11 is 7.29. The van der Waals surface area contributed by atoms with Gasteiger partial charge >= 0.3 is 0 Å². The molecule has 0 aromatic heterocycles. The van der Waals surface area contributed by atoms with Crippen molar-refractivity contribution in [2.75, 3.05) is 5.73 Å². The Labute approximate surface area is 110 Å². The minimum absolute atomic E-state index is 0.0758.